The zero-order valence-corrected chi connectivity index (χ0v) is 19.7. The lowest BCUT2D eigenvalue weighted by Crippen LogP contribution is -2.51. The second-order valence-corrected chi connectivity index (χ2v) is 10.4. The van der Waals surface area contributed by atoms with Crippen LogP contribution in [-0.4, -0.2) is 62.8 Å². The van der Waals surface area contributed by atoms with Crippen molar-refractivity contribution in [1.29, 1.82) is 0 Å². The molecule has 2 aromatic rings. The molecule has 1 amide bonds. The van der Waals surface area contributed by atoms with E-state index in [0.717, 1.165) is 12.0 Å². The minimum Gasteiger partial charge on any atom is -0.465 e. The molecule has 4 rings (SSSR count). The van der Waals surface area contributed by atoms with Crippen LogP contribution in [0.5, 0.6) is 0 Å². The van der Waals surface area contributed by atoms with Crippen molar-refractivity contribution < 1.29 is 27.2 Å². The molecule has 0 bridgehead atoms. The molecule has 0 N–H and O–H groups in total. The largest absolute Gasteiger partial charge is 0.465 e. The van der Waals surface area contributed by atoms with Crippen LogP contribution in [0.15, 0.2) is 33.6 Å². The standard InChI is InChI=1S/C22H25ClN2O6S/c1-13-19(22(27)30-3)20(14(2)31-13)32(28,29)25-10-8-24(9-11-25)21(26)17-12-16(17)15-6-4-5-7-18(15)23/h4-7,16-17H,8-12H2,1-3H3. The summed E-state index contributed by atoms with van der Waals surface area (Å²) in [5, 5.41) is 0.663. The zero-order valence-electron chi connectivity index (χ0n) is 18.1. The number of furan rings is 1. The summed E-state index contributed by atoms with van der Waals surface area (Å²) in [7, 11) is -2.79. The molecule has 32 heavy (non-hydrogen) atoms. The average molecular weight is 481 g/mol. The number of aryl methyl sites for hydroxylation is 2. The van der Waals surface area contributed by atoms with Crippen LogP contribution < -0.4 is 0 Å². The van der Waals surface area contributed by atoms with Crippen LogP contribution in [0.4, 0.5) is 0 Å². The number of piperazine rings is 1. The lowest BCUT2D eigenvalue weighted by atomic mass is 10.1. The lowest BCUT2D eigenvalue weighted by Gasteiger charge is -2.34. The first-order chi connectivity index (χ1) is 15.2. The molecule has 8 nitrogen and oxygen atoms in total. The number of halogens is 1. The number of ether oxygens (including phenoxy) is 1. The molecule has 2 unspecified atom stereocenters. The van der Waals surface area contributed by atoms with Gasteiger partial charge in [0.05, 0.1) is 7.11 Å². The fraction of sp³-hybridized carbons (Fsp3) is 0.455. The van der Waals surface area contributed by atoms with Crippen molar-refractivity contribution in [3.63, 3.8) is 0 Å². The number of sulfonamides is 1. The van der Waals surface area contributed by atoms with Crippen LogP contribution in [0.2, 0.25) is 5.02 Å². The second-order valence-electron chi connectivity index (χ2n) is 8.11. The number of hydrogen-bond acceptors (Lipinski definition) is 6. The third kappa shape index (κ3) is 3.93. The summed E-state index contributed by atoms with van der Waals surface area (Å²) >= 11 is 6.26. The molecule has 2 heterocycles. The highest BCUT2D eigenvalue weighted by atomic mass is 35.5. The maximum Gasteiger partial charge on any atom is 0.342 e. The van der Waals surface area contributed by atoms with Crippen molar-refractivity contribution in [2.75, 3.05) is 33.3 Å². The SMILES string of the molecule is COC(=O)c1c(C)oc(C)c1S(=O)(=O)N1CCN(C(=O)C2CC2c2ccccc2Cl)CC1. The van der Waals surface area contributed by atoms with Gasteiger partial charge in [-0.3, -0.25) is 4.79 Å². The summed E-state index contributed by atoms with van der Waals surface area (Å²) in [6.45, 7) is 3.89. The van der Waals surface area contributed by atoms with Gasteiger partial charge in [0.15, 0.2) is 0 Å². The fourth-order valence-corrected chi connectivity index (χ4v) is 6.48. The number of carbonyl (C=O) groups excluding carboxylic acids is 2. The monoisotopic (exact) mass is 480 g/mol. The van der Waals surface area contributed by atoms with Gasteiger partial charge in [-0.1, -0.05) is 29.8 Å². The molecule has 1 aliphatic heterocycles. The van der Waals surface area contributed by atoms with Gasteiger partial charge in [0.25, 0.3) is 0 Å². The second kappa shape index (κ2) is 8.53. The van der Waals surface area contributed by atoms with Crippen LogP contribution in [0.3, 0.4) is 0 Å². The summed E-state index contributed by atoms with van der Waals surface area (Å²) in [6, 6.07) is 7.54. The highest BCUT2D eigenvalue weighted by Crippen LogP contribution is 2.50. The van der Waals surface area contributed by atoms with Gasteiger partial charge in [0.2, 0.25) is 15.9 Å². The average Bonchev–Trinajstić information content (AvgIpc) is 3.50. The van der Waals surface area contributed by atoms with E-state index in [1.165, 1.54) is 25.3 Å². The Morgan fingerprint density at radius 2 is 1.75 bits per heavy atom. The Morgan fingerprint density at radius 3 is 2.38 bits per heavy atom. The first-order valence-electron chi connectivity index (χ1n) is 10.4. The molecule has 172 valence electrons. The van der Waals surface area contributed by atoms with Gasteiger partial charge in [-0.15, -0.1) is 0 Å². The molecular formula is C22H25ClN2O6S. The third-order valence-electron chi connectivity index (χ3n) is 6.16. The quantitative estimate of drug-likeness (QED) is 0.610. The zero-order chi connectivity index (χ0) is 23.2. The Morgan fingerprint density at radius 1 is 1.09 bits per heavy atom. The first kappa shape index (κ1) is 22.8. The van der Waals surface area contributed by atoms with Crippen LogP contribution in [0.25, 0.3) is 0 Å². The van der Waals surface area contributed by atoms with Gasteiger partial charge in [0.1, 0.15) is 22.0 Å². The van der Waals surface area contributed by atoms with E-state index in [9.17, 15) is 18.0 Å². The van der Waals surface area contributed by atoms with Crippen LogP contribution in [-0.2, 0) is 19.6 Å². The fourth-order valence-electron chi connectivity index (χ4n) is 4.41. The van der Waals surface area contributed by atoms with E-state index in [1.807, 2.05) is 24.3 Å². The minimum absolute atomic E-state index is 0.0255. The number of amides is 1. The van der Waals surface area contributed by atoms with Gasteiger partial charge in [-0.2, -0.15) is 4.31 Å². The number of nitrogens with zero attached hydrogens (tertiary/aromatic N) is 2. The van der Waals surface area contributed by atoms with Gasteiger partial charge in [0, 0.05) is 37.1 Å². The van der Waals surface area contributed by atoms with Crippen molar-refractivity contribution in [2.45, 2.75) is 31.1 Å². The molecule has 10 heteroatoms. The molecule has 2 fully saturated rings. The Hall–Kier alpha value is -2.36. The molecule has 1 aliphatic carbocycles. The van der Waals surface area contributed by atoms with E-state index in [4.69, 9.17) is 20.8 Å². The lowest BCUT2D eigenvalue weighted by molar-refractivity contribution is -0.133. The van der Waals surface area contributed by atoms with E-state index in [1.54, 1.807) is 4.90 Å². The predicted molar refractivity (Wildman–Crippen MR) is 117 cm³/mol. The van der Waals surface area contributed by atoms with Crippen molar-refractivity contribution in [1.82, 2.24) is 9.21 Å². The number of benzene rings is 1. The molecule has 0 spiro atoms. The van der Waals surface area contributed by atoms with Crippen LogP contribution in [0.1, 0.15) is 39.8 Å². The van der Waals surface area contributed by atoms with Gasteiger partial charge < -0.3 is 14.1 Å². The Balaban J connectivity index is 1.45. The number of hydrogen-bond donors (Lipinski definition) is 0. The van der Waals surface area contributed by atoms with Crippen molar-refractivity contribution in [3.05, 3.63) is 51.9 Å². The number of methoxy groups -OCH3 is 1. The molecule has 1 aromatic heterocycles. The Kier molecular flexibility index (Phi) is 6.08. The van der Waals surface area contributed by atoms with Crippen LogP contribution in [0, 0.1) is 19.8 Å². The maximum absolute atomic E-state index is 13.3. The van der Waals surface area contributed by atoms with Crippen molar-refractivity contribution >= 4 is 33.5 Å². The van der Waals surface area contributed by atoms with Crippen molar-refractivity contribution in [2.24, 2.45) is 5.92 Å². The molecule has 1 saturated heterocycles. The number of esters is 1. The van der Waals surface area contributed by atoms with Gasteiger partial charge in [-0.25, -0.2) is 13.2 Å². The molecule has 2 atom stereocenters. The van der Waals surface area contributed by atoms with Crippen LogP contribution >= 0.6 is 11.6 Å². The predicted octanol–water partition coefficient (Wildman–Crippen LogP) is 2.97. The van der Waals surface area contributed by atoms with Gasteiger partial charge >= 0.3 is 5.97 Å². The Bertz CT molecular complexity index is 1170. The maximum atomic E-state index is 13.3. The normalized spacial score (nSPS) is 21.4. The summed E-state index contributed by atoms with van der Waals surface area (Å²) in [5.41, 5.74) is 0.902. The van der Waals surface area contributed by atoms with E-state index >= 15 is 0 Å². The number of carbonyl (C=O) groups is 2. The molecule has 1 aromatic carbocycles. The third-order valence-corrected chi connectivity index (χ3v) is 8.55. The molecule has 2 aliphatic rings. The highest BCUT2D eigenvalue weighted by molar-refractivity contribution is 7.89. The molecular weight excluding hydrogens is 456 g/mol. The topological polar surface area (TPSA) is 97.1 Å². The number of rotatable bonds is 5. The minimum atomic E-state index is -3.99. The van der Waals surface area contributed by atoms with E-state index in [0.29, 0.717) is 5.02 Å². The summed E-state index contributed by atoms with van der Waals surface area (Å²) < 4.78 is 38.1. The summed E-state index contributed by atoms with van der Waals surface area (Å²) in [6.07, 6.45) is 0.747. The van der Waals surface area contributed by atoms with E-state index in [2.05, 4.69) is 0 Å². The smallest absolute Gasteiger partial charge is 0.342 e. The summed E-state index contributed by atoms with van der Waals surface area (Å²) in [5.74, 6) is -0.411. The van der Waals surface area contributed by atoms with Crippen molar-refractivity contribution in [3.8, 4) is 0 Å². The highest BCUT2D eigenvalue weighted by Gasteiger charge is 2.47. The van der Waals surface area contributed by atoms with E-state index in [-0.39, 0.29) is 65.9 Å². The first-order valence-corrected chi connectivity index (χ1v) is 12.2. The molecule has 1 saturated carbocycles. The molecule has 0 radical (unpaired) electrons. The summed E-state index contributed by atoms with van der Waals surface area (Å²) in [4.78, 5) is 26.7. The van der Waals surface area contributed by atoms with E-state index < -0.39 is 16.0 Å². The Labute approximate surface area is 192 Å². The van der Waals surface area contributed by atoms with Gasteiger partial charge in [-0.05, 0) is 37.8 Å².